The molecule has 0 N–H and O–H groups in total. The lowest BCUT2D eigenvalue weighted by molar-refractivity contribution is -0.141. The van der Waals surface area contributed by atoms with Crippen molar-refractivity contribution < 1.29 is 18.0 Å². The van der Waals surface area contributed by atoms with E-state index < -0.39 is 11.9 Å². The van der Waals surface area contributed by atoms with Crippen LogP contribution in [0.3, 0.4) is 0 Å². The standard InChI is InChI=1S/C11H6ClF3N2O/c12-8-1-2-9(7(5-8)6-18)17-4-3-10(16-17)11(13,14)15/h1-6H. The summed E-state index contributed by atoms with van der Waals surface area (Å²) in [5.74, 6) is 0. The van der Waals surface area contributed by atoms with Crippen LogP contribution in [0, 0.1) is 0 Å². The van der Waals surface area contributed by atoms with E-state index in [0.29, 0.717) is 11.3 Å². The van der Waals surface area contributed by atoms with Crippen LogP contribution in [0.25, 0.3) is 5.69 Å². The number of hydrogen-bond donors (Lipinski definition) is 0. The molecule has 18 heavy (non-hydrogen) atoms. The molecule has 0 aliphatic rings. The Morgan fingerprint density at radius 1 is 1.28 bits per heavy atom. The molecule has 0 saturated carbocycles. The second-order valence-corrected chi connectivity index (χ2v) is 3.90. The fourth-order valence-electron chi connectivity index (χ4n) is 1.44. The number of alkyl halides is 3. The van der Waals surface area contributed by atoms with Gasteiger partial charge in [0, 0.05) is 16.8 Å². The summed E-state index contributed by atoms with van der Waals surface area (Å²) >= 11 is 5.69. The van der Waals surface area contributed by atoms with Crippen molar-refractivity contribution in [1.29, 1.82) is 0 Å². The summed E-state index contributed by atoms with van der Waals surface area (Å²) in [4.78, 5) is 10.8. The second kappa shape index (κ2) is 4.45. The number of aldehydes is 1. The number of benzene rings is 1. The summed E-state index contributed by atoms with van der Waals surface area (Å²) < 4.78 is 38.2. The topological polar surface area (TPSA) is 34.9 Å². The van der Waals surface area contributed by atoms with E-state index in [2.05, 4.69) is 5.10 Å². The Labute approximate surface area is 105 Å². The highest BCUT2D eigenvalue weighted by Gasteiger charge is 2.33. The van der Waals surface area contributed by atoms with Gasteiger partial charge in [-0.2, -0.15) is 18.3 Å². The summed E-state index contributed by atoms with van der Waals surface area (Å²) in [5.41, 5.74) is -0.612. The molecule has 1 aromatic carbocycles. The monoisotopic (exact) mass is 274 g/mol. The van der Waals surface area contributed by atoms with Gasteiger partial charge in [0.2, 0.25) is 0 Å². The van der Waals surface area contributed by atoms with Gasteiger partial charge >= 0.3 is 6.18 Å². The summed E-state index contributed by atoms with van der Waals surface area (Å²) in [6.45, 7) is 0. The van der Waals surface area contributed by atoms with Crippen LogP contribution in [0.2, 0.25) is 5.02 Å². The predicted octanol–water partition coefficient (Wildman–Crippen LogP) is 3.36. The molecule has 0 fully saturated rings. The maximum absolute atomic E-state index is 12.4. The molecule has 0 aliphatic carbocycles. The van der Waals surface area contributed by atoms with Crippen molar-refractivity contribution in [3.05, 3.63) is 46.7 Å². The van der Waals surface area contributed by atoms with Crippen LogP contribution in [-0.2, 0) is 6.18 Å². The lowest BCUT2D eigenvalue weighted by Gasteiger charge is -2.05. The SMILES string of the molecule is O=Cc1cc(Cl)ccc1-n1ccc(C(F)(F)F)n1. The van der Waals surface area contributed by atoms with Crippen LogP contribution in [0.1, 0.15) is 16.1 Å². The quantitative estimate of drug-likeness (QED) is 0.787. The summed E-state index contributed by atoms with van der Waals surface area (Å²) in [6.07, 6.45) is -2.87. The zero-order valence-corrected chi connectivity index (χ0v) is 9.53. The molecule has 0 aliphatic heterocycles. The zero-order chi connectivity index (χ0) is 13.3. The van der Waals surface area contributed by atoms with Crippen LogP contribution >= 0.6 is 11.6 Å². The van der Waals surface area contributed by atoms with E-state index in [4.69, 9.17) is 11.6 Å². The minimum absolute atomic E-state index is 0.166. The van der Waals surface area contributed by atoms with E-state index in [-0.39, 0.29) is 11.3 Å². The van der Waals surface area contributed by atoms with Gasteiger partial charge in [-0.05, 0) is 24.3 Å². The van der Waals surface area contributed by atoms with Gasteiger partial charge in [0.15, 0.2) is 12.0 Å². The first-order chi connectivity index (χ1) is 8.41. The molecule has 1 heterocycles. The van der Waals surface area contributed by atoms with E-state index in [9.17, 15) is 18.0 Å². The Bertz CT molecular complexity index is 592. The van der Waals surface area contributed by atoms with Crippen molar-refractivity contribution in [3.63, 3.8) is 0 Å². The Hall–Kier alpha value is -1.82. The molecular formula is C11H6ClF3N2O. The molecule has 1 aromatic heterocycles. The Balaban J connectivity index is 2.49. The number of nitrogens with zero attached hydrogens (tertiary/aromatic N) is 2. The van der Waals surface area contributed by atoms with Crippen molar-refractivity contribution in [1.82, 2.24) is 9.78 Å². The maximum atomic E-state index is 12.4. The van der Waals surface area contributed by atoms with Crippen LogP contribution in [0.5, 0.6) is 0 Å². The van der Waals surface area contributed by atoms with Crippen LogP contribution < -0.4 is 0 Å². The molecule has 0 bridgehead atoms. The Morgan fingerprint density at radius 2 is 2.00 bits per heavy atom. The molecule has 94 valence electrons. The van der Waals surface area contributed by atoms with Crippen molar-refractivity contribution in [2.24, 2.45) is 0 Å². The Kier molecular flexibility index (Phi) is 3.13. The lowest BCUT2D eigenvalue weighted by atomic mass is 10.2. The third-order valence-electron chi connectivity index (χ3n) is 2.24. The number of carbonyl (C=O) groups excluding carboxylic acids is 1. The molecule has 3 nitrogen and oxygen atoms in total. The molecule has 2 aromatic rings. The highest BCUT2D eigenvalue weighted by atomic mass is 35.5. The second-order valence-electron chi connectivity index (χ2n) is 3.46. The molecule has 0 spiro atoms. The minimum atomic E-state index is -4.51. The summed E-state index contributed by atoms with van der Waals surface area (Å²) in [6, 6.07) is 5.10. The largest absolute Gasteiger partial charge is 0.435 e. The molecule has 0 saturated heterocycles. The van der Waals surface area contributed by atoms with E-state index in [1.807, 2.05) is 0 Å². The number of rotatable bonds is 2. The molecular weight excluding hydrogens is 269 g/mol. The number of carbonyl (C=O) groups is 1. The first-order valence-corrected chi connectivity index (χ1v) is 5.17. The molecule has 0 atom stereocenters. The summed E-state index contributed by atoms with van der Waals surface area (Å²) in [7, 11) is 0. The van der Waals surface area contributed by atoms with E-state index in [1.54, 1.807) is 0 Å². The van der Waals surface area contributed by atoms with Crippen molar-refractivity contribution >= 4 is 17.9 Å². The number of hydrogen-bond acceptors (Lipinski definition) is 2. The summed E-state index contributed by atoms with van der Waals surface area (Å²) in [5, 5.41) is 3.70. The normalized spacial score (nSPS) is 11.6. The first-order valence-electron chi connectivity index (χ1n) is 4.80. The van der Waals surface area contributed by atoms with E-state index in [0.717, 1.165) is 16.9 Å². The van der Waals surface area contributed by atoms with Gasteiger partial charge < -0.3 is 0 Å². The van der Waals surface area contributed by atoms with Crippen LogP contribution in [0.15, 0.2) is 30.5 Å². The third-order valence-corrected chi connectivity index (χ3v) is 2.48. The van der Waals surface area contributed by atoms with Crippen LogP contribution in [0.4, 0.5) is 13.2 Å². The first kappa shape index (κ1) is 12.6. The minimum Gasteiger partial charge on any atom is -0.298 e. The number of halogens is 4. The number of aromatic nitrogens is 2. The van der Waals surface area contributed by atoms with Gasteiger partial charge in [0.1, 0.15) is 0 Å². The third kappa shape index (κ3) is 2.38. The highest BCUT2D eigenvalue weighted by molar-refractivity contribution is 6.30. The average Bonchev–Trinajstić information content (AvgIpc) is 2.77. The van der Waals surface area contributed by atoms with E-state index in [1.165, 1.54) is 18.2 Å². The van der Waals surface area contributed by atoms with Crippen molar-refractivity contribution in [2.75, 3.05) is 0 Å². The molecule has 0 unspecified atom stereocenters. The molecule has 7 heteroatoms. The van der Waals surface area contributed by atoms with Gasteiger partial charge in [-0.25, -0.2) is 4.68 Å². The zero-order valence-electron chi connectivity index (χ0n) is 8.78. The lowest BCUT2D eigenvalue weighted by Crippen LogP contribution is -2.08. The van der Waals surface area contributed by atoms with Crippen molar-refractivity contribution in [3.8, 4) is 5.69 Å². The van der Waals surface area contributed by atoms with Gasteiger partial charge in [-0.15, -0.1) is 0 Å². The maximum Gasteiger partial charge on any atom is 0.435 e. The van der Waals surface area contributed by atoms with E-state index >= 15 is 0 Å². The molecule has 0 radical (unpaired) electrons. The highest BCUT2D eigenvalue weighted by Crippen LogP contribution is 2.28. The Morgan fingerprint density at radius 3 is 2.56 bits per heavy atom. The van der Waals surface area contributed by atoms with Gasteiger partial charge in [0.25, 0.3) is 0 Å². The van der Waals surface area contributed by atoms with Crippen LogP contribution in [-0.4, -0.2) is 16.1 Å². The van der Waals surface area contributed by atoms with Crippen molar-refractivity contribution in [2.45, 2.75) is 6.18 Å². The van der Waals surface area contributed by atoms with Gasteiger partial charge in [-0.3, -0.25) is 4.79 Å². The molecule has 2 rings (SSSR count). The fourth-order valence-corrected chi connectivity index (χ4v) is 1.62. The molecule has 0 amide bonds. The smallest absolute Gasteiger partial charge is 0.298 e. The average molecular weight is 275 g/mol. The fraction of sp³-hybridized carbons (Fsp3) is 0.0909. The predicted molar refractivity (Wildman–Crippen MR) is 59.0 cm³/mol. The van der Waals surface area contributed by atoms with Gasteiger partial charge in [0.05, 0.1) is 5.69 Å². The van der Waals surface area contributed by atoms with Gasteiger partial charge in [-0.1, -0.05) is 11.6 Å².